The van der Waals surface area contributed by atoms with Gasteiger partial charge in [0, 0.05) is 12.6 Å². The second-order valence-electron chi connectivity index (χ2n) is 10.6. The van der Waals surface area contributed by atoms with Gasteiger partial charge in [0.1, 0.15) is 11.4 Å². The molecule has 4 rings (SSSR count). The van der Waals surface area contributed by atoms with Crippen LogP contribution in [0.15, 0.2) is 54.6 Å². The van der Waals surface area contributed by atoms with Crippen LogP contribution >= 0.6 is 0 Å². The molecule has 1 aliphatic carbocycles. The smallest absolute Gasteiger partial charge is 0.311 e. The third kappa shape index (κ3) is 6.12. The Hall–Kier alpha value is -2.25. The molecule has 3 unspecified atom stereocenters. The third-order valence-corrected chi connectivity index (χ3v) is 8.16. The van der Waals surface area contributed by atoms with Crippen molar-refractivity contribution in [2.45, 2.75) is 76.0 Å². The molecule has 1 saturated heterocycles. The first-order valence-electron chi connectivity index (χ1n) is 13.0. The lowest BCUT2D eigenvalue weighted by molar-refractivity contribution is -0.137. The number of carbonyl (C=O) groups is 1. The molecule has 35 heavy (non-hydrogen) atoms. The van der Waals surface area contributed by atoms with Crippen LogP contribution < -0.4 is 10.5 Å². The minimum absolute atomic E-state index is 0.128. The maximum Gasteiger partial charge on any atom is 0.311 e. The second kappa shape index (κ2) is 11.2. The van der Waals surface area contributed by atoms with Crippen molar-refractivity contribution in [2.24, 2.45) is 11.1 Å². The van der Waals surface area contributed by atoms with Crippen molar-refractivity contribution >= 4 is 5.97 Å². The van der Waals surface area contributed by atoms with Crippen molar-refractivity contribution in [2.75, 3.05) is 19.6 Å². The molecule has 3 atom stereocenters. The van der Waals surface area contributed by atoms with Gasteiger partial charge >= 0.3 is 5.97 Å². The van der Waals surface area contributed by atoms with Crippen molar-refractivity contribution in [1.82, 2.24) is 4.90 Å². The van der Waals surface area contributed by atoms with Gasteiger partial charge in [-0.15, -0.1) is 0 Å². The standard InChI is InChI=1S/C29H40N2O4/c1-22(31-18-8-17-29(34,21-31)24-9-4-2-5-10-24)27(33)23-11-13-25(14-12-23)35-26(32)19-28(20-30)15-6-3-7-16-28/h2,4-5,9-14,22,27,33-34H,3,6-8,15-21,30H2,1H3. The number of nitrogens with zero attached hydrogens (tertiary/aromatic N) is 1. The predicted octanol–water partition coefficient (Wildman–Crippen LogP) is 4.30. The Morgan fingerprint density at radius 2 is 1.71 bits per heavy atom. The molecule has 1 aliphatic heterocycles. The summed E-state index contributed by atoms with van der Waals surface area (Å²) in [6, 6.07) is 16.7. The highest BCUT2D eigenvalue weighted by Crippen LogP contribution is 2.39. The summed E-state index contributed by atoms with van der Waals surface area (Å²) in [6.07, 6.45) is 6.62. The van der Waals surface area contributed by atoms with Gasteiger partial charge in [-0.3, -0.25) is 9.69 Å². The Morgan fingerprint density at radius 3 is 2.37 bits per heavy atom. The summed E-state index contributed by atoms with van der Waals surface area (Å²) in [7, 11) is 0. The van der Waals surface area contributed by atoms with Crippen molar-refractivity contribution in [1.29, 1.82) is 0 Å². The molecular weight excluding hydrogens is 440 g/mol. The molecule has 0 spiro atoms. The lowest BCUT2D eigenvalue weighted by Crippen LogP contribution is -2.50. The van der Waals surface area contributed by atoms with Gasteiger partial charge in [0.15, 0.2) is 0 Å². The molecule has 2 fully saturated rings. The number of carbonyl (C=O) groups excluding carboxylic acids is 1. The predicted molar refractivity (Wildman–Crippen MR) is 137 cm³/mol. The van der Waals surface area contributed by atoms with Crippen molar-refractivity contribution in [3.8, 4) is 5.75 Å². The molecule has 1 saturated carbocycles. The Morgan fingerprint density at radius 1 is 1.03 bits per heavy atom. The van der Waals surface area contributed by atoms with Crippen LogP contribution in [0.3, 0.4) is 0 Å². The van der Waals surface area contributed by atoms with Gasteiger partial charge in [-0.25, -0.2) is 0 Å². The average Bonchev–Trinajstić information content (AvgIpc) is 2.89. The Bertz CT molecular complexity index is 958. The van der Waals surface area contributed by atoms with E-state index in [0.29, 0.717) is 31.7 Å². The SMILES string of the molecule is CC(C(O)c1ccc(OC(=O)CC2(CN)CCCCC2)cc1)N1CCCC(O)(c2ccccc2)C1. The highest BCUT2D eigenvalue weighted by Gasteiger charge is 2.38. The molecule has 0 bridgehead atoms. The van der Waals surface area contributed by atoms with E-state index in [-0.39, 0.29) is 17.4 Å². The van der Waals surface area contributed by atoms with Gasteiger partial charge in [0.25, 0.3) is 0 Å². The van der Waals surface area contributed by atoms with Gasteiger partial charge in [-0.05, 0) is 74.4 Å². The average molecular weight is 481 g/mol. The second-order valence-corrected chi connectivity index (χ2v) is 10.6. The molecule has 190 valence electrons. The highest BCUT2D eigenvalue weighted by atomic mass is 16.5. The number of benzene rings is 2. The molecule has 1 heterocycles. The normalized spacial score (nSPS) is 24.5. The lowest BCUT2D eigenvalue weighted by atomic mass is 9.72. The van der Waals surface area contributed by atoms with Crippen molar-refractivity contribution in [3.05, 3.63) is 65.7 Å². The van der Waals surface area contributed by atoms with Gasteiger partial charge < -0.3 is 20.7 Å². The van der Waals surface area contributed by atoms with E-state index in [0.717, 1.165) is 49.8 Å². The number of rotatable bonds is 8. The first kappa shape index (κ1) is 25.8. The number of likely N-dealkylation sites (tertiary alicyclic amines) is 1. The number of ether oxygens (including phenoxy) is 1. The van der Waals surface area contributed by atoms with E-state index in [1.165, 1.54) is 6.42 Å². The molecule has 0 amide bonds. The van der Waals surface area contributed by atoms with Gasteiger partial charge in [0.2, 0.25) is 0 Å². The first-order valence-corrected chi connectivity index (χ1v) is 13.0. The fourth-order valence-electron chi connectivity index (χ4n) is 5.84. The lowest BCUT2D eigenvalue weighted by Gasteiger charge is -2.43. The molecule has 2 aromatic rings. The molecule has 0 aromatic heterocycles. The summed E-state index contributed by atoms with van der Waals surface area (Å²) in [5.41, 5.74) is 6.66. The summed E-state index contributed by atoms with van der Waals surface area (Å²) < 4.78 is 5.61. The summed E-state index contributed by atoms with van der Waals surface area (Å²) in [6.45, 7) is 3.81. The van der Waals surface area contributed by atoms with Crippen LogP contribution in [0.5, 0.6) is 5.75 Å². The van der Waals surface area contributed by atoms with E-state index >= 15 is 0 Å². The van der Waals surface area contributed by atoms with E-state index in [4.69, 9.17) is 10.5 Å². The number of aliphatic hydroxyl groups excluding tert-OH is 1. The number of hydrogen-bond donors (Lipinski definition) is 3. The van der Waals surface area contributed by atoms with Gasteiger partial charge in [0.05, 0.1) is 12.5 Å². The number of hydrogen-bond acceptors (Lipinski definition) is 6. The van der Waals surface area contributed by atoms with Gasteiger partial charge in [-0.1, -0.05) is 61.7 Å². The fourth-order valence-corrected chi connectivity index (χ4v) is 5.84. The molecule has 6 nitrogen and oxygen atoms in total. The number of piperidine rings is 1. The quantitative estimate of drug-likeness (QED) is 0.385. The van der Waals surface area contributed by atoms with Crippen LogP contribution in [-0.4, -0.2) is 46.8 Å². The Kier molecular flexibility index (Phi) is 8.27. The maximum atomic E-state index is 12.6. The zero-order valence-corrected chi connectivity index (χ0v) is 20.9. The minimum atomic E-state index is -0.912. The Balaban J connectivity index is 1.36. The van der Waals surface area contributed by atoms with Crippen LogP contribution in [0.25, 0.3) is 0 Å². The highest BCUT2D eigenvalue weighted by molar-refractivity contribution is 5.73. The fraction of sp³-hybridized carbons (Fsp3) is 0.552. The van der Waals surface area contributed by atoms with E-state index in [2.05, 4.69) is 4.90 Å². The molecule has 0 radical (unpaired) electrons. The largest absolute Gasteiger partial charge is 0.427 e. The maximum absolute atomic E-state index is 12.6. The topological polar surface area (TPSA) is 96.0 Å². The molecule has 6 heteroatoms. The van der Waals surface area contributed by atoms with E-state index in [1.807, 2.05) is 49.4 Å². The van der Waals surface area contributed by atoms with Crippen LogP contribution in [0, 0.1) is 5.41 Å². The molecule has 4 N–H and O–H groups in total. The minimum Gasteiger partial charge on any atom is -0.427 e. The summed E-state index contributed by atoms with van der Waals surface area (Å²) in [4.78, 5) is 14.8. The zero-order chi connectivity index (χ0) is 24.9. The van der Waals surface area contributed by atoms with E-state index in [9.17, 15) is 15.0 Å². The van der Waals surface area contributed by atoms with Gasteiger partial charge in [-0.2, -0.15) is 0 Å². The number of nitrogens with two attached hydrogens (primary N) is 1. The van der Waals surface area contributed by atoms with Crippen molar-refractivity contribution < 1.29 is 19.7 Å². The van der Waals surface area contributed by atoms with Crippen LogP contribution in [0.2, 0.25) is 0 Å². The molecule has 2 aliphatic rings. The summed E-state index contributed by atoms with van der Waals surface area (Å²) in [5, 5.41) is 22.4. The Labute approximate surface area is 209 Å². The van der Waals surface area contributed by atoms with E-state index in [1.54, 1.807) is 12.1 Å². The summed E-state index contributed by atoms with van der Waals surface area (Å²) in [5.74, 6) is 0.241. The van der Waals surface area contributed by atoms with Crippen molar-refractivity contribution in [3.63, 3.8) is 0 Å². The third-order valence-electron chi connectivity index (χ3n) is 8.16. The number of β-amino-alcohol motifs (C(OH)–C–C–N with tert-alkyl or cyclic N) is 1. The van der Waals surface area contributed by atoms with Crippen LogP contribution in [-0.2, 0) is 10.4 Å². The molecular formula is C29H40N2O4. The number of esters is 1. The first-order chi connectivity index (χ1) is 16.8. The van der Waals surface area contributed by atoms with E-state index < -0.39 is 11.7 Å². The summed E-state index contributed by atoms with van der Waals surface area (Å²) >= 11 is 0. The number of aliphatic hydroxyl groups is 2. The zero-order valence-electron chi connectivity index (χ0n) is 20.9. The monoisotopic (exact) mass is 480 g/mol. The molecule has 2 aromatic carbocycles. The van der Waals surface area contributed by atoms with Crippen LogP contribution in [0.1, 0.15) is 75.5 Å². The van der Waals surface area contributed by atoms with Crippen LogP contribution in [0.4, 0.5) is 0 Å².